The van der Waals surface area contributed by atoms with Crippen molar-refractivity contribution in [3.05, 3.63) is 56.5 Å². The van der Waals surface area contributed by atoms with E-state index < -0.39 is 14.0 Å². The molecule has 8 nitrogen and oxygen atoms in total. The Morgan fingerprint density at radius 2 is 0.596 bits per heavy atom. The second-order valence-electron chi connectivity index (χ2n) is 18.3. The minimum absolute atomic E-state index is 0.357. The molecule has 286 valence electrons. The molecule has 0 bridgehead atoms. The predicted octanol–water partition coefficient (Wildman–Crippen LogP) is 8.36. The number of rotatable bonds is 3. The maximum atomic E-state index is 6.23. The summed E-state index contributed by atoms with van der Waals surface area (Å²) in [6.07, 6.45) is 0. The summed E-state index contributed by atoms with van der Waals surface area (Å²) in [7, 11) is -1.72. The standard InChI is InChI=1S/C19H30B2O4.C12H24B2O4.C7H6Br2/c1-13-14(20-22-16(2,3)17(4,5)23-20)11-10-12-15(13)21-24-18(6,7)19(8,9)25-21;1-9(2)10(3,4)16-13(15-9)14-17-11(5,6)12(7,8)18-14;1-5-6(8)3-2-4-7(5)9/h10-12H,1-9H3;1-8H3;2-4H,1H3. The summed E-state index contributed by atoms with van der Waals surface area (Å²) >= 11 is 6.83. The van der Waals surface area contributed by atoms with Crippen molar-refractivity contribution < 1.29 is 37.2 Å². The molecule has 4 saturated heterocycles. The molecule has 0 N–H and O–H groups in total. The molecule has 4 aliphatic heterocycles. The third kappa shape index (κ3) is 8.67. The highest BCUT2D eigenvalue weighted by Crippen LogP contribution is 2.43. The first-order chi connectivity index (χ1) is 23.4. The largest absolute Gasteiger partial charge is 0.495 e. The van der Waals surface area contributed by atoms with Gasteiger partial charge in [0.05, 0.1) is 44.8 Å². The van der Waals surface area contributed by atoms with Gasteiger partial charge >= 0.3 is 28.3 Å². The van der Waals surface area contributed by atoms with Crippen LogP contribution in [0.2, 0.25) is 0 Å². The van der Waals surface area contributed by atoms with Crippen LogP contribution in [-0.2, 0) is 37.2 Å². The first kappa shape index (κ1) is 44.1. The van der Waals surface area contributed by atoms with E-state index in [1.54, 1.807) is 0 Å². The van der Waals surface area contributed by atoms with Gasteiger partial charge in [-0.25, -0.2) is 0 Å². The van der Waals surface area contributed by atoms with E-state index in [0.29, 0.717) is 0 Å². The molecule has 0 radical (unpaired) electrons. The van der Waals surface area contributed by atoms with Crippen LogP contribution < -0.4 is 10.9 Å². The fraction of sp³-hybridized carbons (Fsp3) is 0.684. The Morgan fingerprint density at radius 1 is 0.365 bits per heavy atom. The van der Waals surface area contributed by atoms with Crippen molar-refractivity contribution in [1.82, 2.24) is 0 Å². The van der Waals surface area contributed by atoms with Gasteiger partial charge in [0.2, 0.25) is 0 Å². The maximum absolute atomic E-state index is 6.23. The van der Waals surface area contributed by atoms with Gasteiger partial charge in [-0.3, -0.25) is 0 Å². The van der Waals surface area contributed by atoms with Crippen LogP contribution in [0.25, 0.3) is 0 Å². The zero-order valence-electron chi connectivity index (χ0n) is 34.8. The van der Waals surface area contributed by atoms with Crippen molar-refractivity contribution in [3.8, 4) is 0 Å². The van der Waals surface area contributed by atoms with Gasteiger partial charge in [0.15, 0.2) is 0 Å². The third-order valence-electron chi connectivity index (χ3n) is 12.4. The van der Waals surface area contributed by atoms with Crippen molar-refractivity contribution in [2.75, 3.05) is 0 Å². The van der Waals surface area contributed by atoms with E-state index in [-0.39, 0.29) is 59.0 Å². The minimum Gasteiger partial charge on any atom is -0.405 e. The molecule has 0 aromatic heterocycles. The van der Waals surface area contributed by atoms with Gasteiger partial charge in [-0.05, 0) is 153 Å². The van der Waals surface area contributed by atoms with Crippen LogP contribution >= 0.6 is 31.9 Å². The van der Waals surface area contributed by atoms with Gasteiger partial charge in [-0.15, -0.1) is 0 Å². The molecule has 2 aromatic carbocycles. The molecule has 2 aromatic rings. The summed E-state index contributed by atoms with van der Waals surface area (Å²) in [5.74, 6) is 0. The van der Waals surface area contributed by atoms with Crippen molar-refractivity contribution >= 4 is 71.0 Å². The van der Waals surface area contributed by atoms with E-state index in [0.717, 1.165) is 25.4 Å². The molecule has 4 aliphatic rings. The Kier molecular flexibility index (Phi) is 12.4. The maximum Gasteiger partial charge on any atom is 0.495 e. The van der Waals surface area contributed by atoms with Crippen LogP contribution in [0.1, 0.15) is 122 Å². The van der Waals surface area contributed by atoms with E-state index in [2.05, 4.69) is 113 Å². The summed E-state index contributed by atoms with van der Waals surface area (Å²) in [6, 6.07) is 12.2. The number of hydrogen-bond acceptors (Lipinski definition) is 8. The van der Waals surface area contributed by atoms with Crippen molar-refractivity contribution in [2.24, 2.45) is 0 Å². The summed E-state index contributed by atoms with van der Waals surface area (Å²) in [5.41, 5.74) is 1.54. The molecule has 0 atom stereocenters. The second kappa shape index (κ2) is 14.7. The fourth-order valence-corrected chi connectivity index (χ4v) is 6.70. The first-order valence-corrected chi connectivity index (χ1v) is 19.9. The minimum atomic E-state index is -0.476. The average Bonchev–Trinajstić information content (AvgIpc) is 3.53. The molecule has 4 heterocycles. The molecule has 0 spiro atoms. The summed E-state index contributed by atoms with van der Waals surface area (Å²) in [4.78, 5) is 0. The van der Waals surface area contributed by atoms with Gasteiger partial charge < -0.3 is 37.2 Å². The molecular formula is C38H60B4Br2O8. The number of benzene rings is 2. The SMILES string of the molecule is CC1(C)OB(B2OC(C)(C)C(C)(C)O2)OC1(C)C.Cc1c(B2OC(C)(C)C(C)(C)O2)cccc1B1OC(C)(C)C(C)(C)O1.Cc1c(Br)cccc1Br. The predicted molar refractivity (Wildman–Crippen MR) is 221 cm³/mol. The van der Waals surface area contributed by atoms with Crippen LogP contribution in [-0.4, -0.2) is 73.1 Å². The topological polar surface area (TPSA) is 73.8 Å². The van der Waals surface area contributed by atoms with E-state index in [9.17, 15) is 0 Å². The Bertz CT molecular complexity index is 1440. The van der Waals surface area contributed by atoms with Gasteiger partial charge in [0.1, 0.15) is 0 Å². The molecule has 0 aliphatic carbocycles. The summed E-state index contributed by atoms with van der Waals surface area (Å²) < 4.78 is 51.1. The zero-order chi connectivity index (χ0) is 39.7. The highest BCUT2D eigenvalue weighted by molar-refractivity contribution is 9.11. The lowest BCUT2D eigenvalue weighted by atomic mass is 9.49. The van der Waals surface area contributed by atoms with Gasteiger partial charge in [0.25, 0.3) is 0 Å². The fourth-order valence-electron chi connectivity index (χ4n) is 5.70. The van der Waals surface area contributed by atoms with Crippen molar-refractivity contribution in [2.45, 2.75) is 169 Å². The monoisotopic (exact) mass is 846 g/mol. The summed E-state index contributed by atoms with van der Waals surface area (Å²) in [6.45, 7) is 36.9. The van der Waals surface area contributed by atoms with E-state index in [1.165, 1.54) is 5.56 Å². The van der Waals surface area contributed by atoms with Crippen LogP contribution in [0, 0.1) is 13.8 Å². The Balaban J connectivity index is 0.000000194. The highest BCUT2D eigenvalue weighted by atomic mass is 79.9. The number of halogens is 2. The second-order valence-corrected chi connectivity index (χ2v) is 20.0. The zero-order valence-corrected chi connectivity index (χ0v) is 38.0. The van der Waals surface area contributed by atoms with Gasteiger partial charge in [-0.2, -0.15) is 0 Å². The van der Waals surface area contributed by atoms with E-state index in [4.69, 9.17) is 37.2 Å². The molecule has 14 heteroatoms. The molecule has 6 rings (SSSR count). The number of hydrogen-bond donors (Lipinski definition) is 0. The molecule has 0 saturated carbocycles. The van der Waals surface area contributed by atoms with E-state index in [1.807, 2.05) is 79.7 Å². The van der Waals surface area contributed by atoms with Crippen LogP contribution in [0.5, 0.6) is 0 Å². The Morgan fingerprint density at radius 3 is 0.846 bits per heavy atom. The molecule has 4 fully saturated rings. The Hall–Kier alpha value is -0.660. The van der Waals surface area contributed by atoms with Crippen molar-refractivity contribution in [3.63, 3.8) is 0 Å². The quantitative estimate of drug-likeness (QED) is 0.286. The lowest BCUT2D eigenvalue weighted by Crippen LogP contribution is -2.44. The third-order valence-corrected chi connectivity index (χ3v) is 14.1. The smallest absolute Gasteiger partial charge is 0.405 e. The molecule has 52 heavy (non-hydrogen) atoms. The van der Waals surface area contributed by atoms with E-state index >= 15 is 0 Å². The normalized spacial score (nSPS) is 25.4. The van der Waals surface area contributed by atoms with Crippen LogP contribution in [0.15, 0.2) is 45.3 Å². The lowest BCUT2D eigenvalue weighted by molar-refractivity contribution is 0.00578. The van der Waals surface area contributed by atoms with Gasteiger partial charge in [0, 0.05) is 8.95 Å². The molecular weight excluding hydrogens is 787 g/mol. The van der Waals surface area contributed by atoms with Gasteiger partial charge in [-0.1, -0.05) is 61.7 Å². The Labute approximate surface area is 332 Å². The lowest BCUT2D eigenvalue weighted by Gasteiger charge is -2.32. The van der Waals surface area contributed by atoms with Crippen molar-refractivity contribution in [1.29, 1.82) is 0 Å². The molecule has 0 unspecified atom stereocenters. The highest BCUT2D eigenvalue weighted by Gasteiger charge is 2.64. The summed E-state index contributed by atoms with van der Waals surface area (Å²) in [5, 5.41) is 0. The average molecular weight is 848 g/mol. The first-order valence-electron chi connectivity index (χ1n) is 18.3. The van der Waals surface area contributed by atoms with Crippen LogP contribution in [0.4, 0.5) is 0 Å². The molecule has 0 amide bonds. The van der Waals surface area contributed by atoms with Crippen LogP contribution in [0.3, 0.4) is 0 Å².